The van der Waals surface area contributed by atoms with E-state index in [4.69, 9.17) is 0 Å². The van der Waals surface area contributed by atoms with Crippen molar-refractivity contribution in [2.45, 2.75) is 24.2 Å². The van der Waals surface area contributed by atoms with Gasteiger partial charge in [0.2, 0.25) is 0 Å². The third-order valence-electron chi connectivity index (χ3n) is 6.13. The molecule has 0 N–H and O–H groups in total. The van der Waals surface area contributed by atoms with Crippen LogP contribution in [-0.2, 0) is 16.3 Å². The van der Waals surface area contributed by atoms with Crippen molar-refractivity contribution in [3.8, 4) is 22.3 Å². The second-order valence-electron chi connectivity index (χ2n) is 8.46. The third kappa shape index (κ3) is 4.31. The van der Waals surface area contributed by atoms with Gasteiger partial charge in [0.15, 0.2) is 15.5 Å². The minimum absolute atomic E-state index is 0.288. The number of sulfone groups is 1. The average Bonchev–Trinajstić information content (AvgIpc) is 3.47. The lowest BCUT2D eigenvalue weighted by molar-refractivity contribution is 0.343. The molecule has 0 amide bonds. The Hall–Kier alpha value is -3.03. The molecule has 1 aliphatic heterocycles. The molecule has 2 aromatic carbocycles. The third-order valence-corrected chi connectivity index (χ3v) is 7.24. The molecule has 0 bridgehead atoms. The van der Waals surface area contributed by atoms with Gasteiger partial charge in [0.05, 0.1) is 11.1 Å². The van der Waals surface area contributed by atoms with Crippen LogP contribution in [0.3, 0.4) is 0 Å². The molecule has 5 rings (SSSR count). The zero-order valence-electron chi connectivity index (χ0n) is 18.1. The van der Waals surface area contributed by atoms with Crippen LogP contribution in [0.1, 0.15) is 18.4 Å². The topological polar surface area (TPSA) is 67.6 Å². The molecule has 0 aliphatic carbocycles. The number of hydrogen-bond acceptors (Lipinski definition) is 5. The molecule has 0 unspecified atom stereocenters. The van der Waals surface area contributed by atoms with Crippen molar-refractivity contribution < 1.29 is 8.42 Å². The van der Waals surface area contributed by atoms with Crippen LogP contribution in [0.15, 0.2) is 72.0 Å². The van der Waals surface area contributed by atoms with Crippen LogP contribution in [0.5, 0.6) is 0 Å². The van der Waals surface area contributed by atoms with E-state index in [9.17, 15) is 8.42 Å². The van der Waals surface area contributed by atoms with E-state index in [-0.39, 0.29) is 4.90 Å². The summed E-state index contributed by atoms with van der Waals surface area (Å²) in [6.07, 6.45) is 10.5. The van der Waals surface area contributed by atoms with E-state index < -0.39 is 9.84 Å². The molecule has 32 heavy (non-hydrogen) atoms. The van der Waals surface area contributed by atoms with E-state index in [0.717, 1.165) is 35.2 Å². The number of aromatic nitrogens is 3. The molecule has 0 spiro atoms. The fraction of sp³-hybridized carbons (Fsp3) is 0.280. The van der Waals surface area contributed by atoms with Crippen LogP contribution in [0.4, 0.5) is 0 Å². The normalized spacial score (nSPS) is 14.9. The molecule has 2 aromatic heterocycles. The Bertz CT molecular complexity index is 1350. The molecule has 164 valence electrons. The molecule has 1 fully saturated rings. The van der Waals surface area contributed by atoms with Crippen LogP contribution < -0.4 is 0 Å². The van der Waals surface area contributed by atoms with Crippen LogP contribution in [0, 0.1) is 0 Å². The first-order valence-electron chi connectivity index (χ1n) is 10.9. The minimum atomic E-state index is -3.28. The van der Waals surface area contributed by atoms with E-state index in [0.29, 0.717) is 5.65 Å². The SMILES string of the molecule is CS(=O)(=O)c1cccc(-c2cnn3cc(-c4ccc(CCN5CCCC5)cc4)cnc23)c1. The summed E-state index contributed by atoms with van der Waals surface area (Å²) in [7, 11) is -3.28. The highest BCUT2D eigenvalue weighted by Gasteiger charge is 2.14. The molecular formula is C25H26N4O2S. The van der Waals surface area contributed by atoms with Gasteiger partial charge in [0.25, 0.3) is 0 Å². The summed E-state index contributed by atoms with van der Waals surface area (Å²) in [6, 6.07) is 15.6. The fourth-order valence-corrected chi connectivity index (χ4v) is 4.95. The Kier molecular flexibility index (Phi) is 5.53. The summed E-state index contributed by atoms with van der Waals surface area (Å²) in [5, 5.41) is 4.46. The zero-order chi connectivity index (χ0) is 22.1. The lowest BCUT2D eigenvalue weighted by atomic mass is 10.0. The first-order chi connectivity index (χ1) is 15.5. The van der Waals surface area contributed by atoms with Crippen molar-refractivity contribution in [2.24, 2.45) is 0 Å². The maximum Gasteiger partial charge on any atom is 0.175 e. The summed E-state index contributed by atoms with van der Waals surface area (Å²) < 4.78 is 25.6. The van der Waals surface area contributed by atoms with Gasteiger partial charge in [0, 0.05) is 36.3 Å². The van der Waals surface area contributed by atoms with Gasteiger partial charge < -0.3 is 4.90 Å². The van der Waals surface area contributed by atoms with Crippen molar-refractivity contribution in [1.29, 1.82) is 0 Å². The Balaban J connectivity index is 1.38. The predicted molar refractivity (Wildman–Crippen MR) is 126 cm³/mol. The van der Waals surface area contributed by atoms with Crippen molar-refractivity contribution >= 4 is 15.5 Å². The van der Waals surface area contributed by atoms with Crippen molar-refractivity contribution in [3.63, 3.8) is 0 Å². The maximum atomic E-state index is 11.9. The number of hydrogen-bond donors (Lipinski definition) is 0. The first kappa shape index (κ1) is 20.8. The van der Waals surface area contributed by atoms with Gasteiger partial charge in [0.1, 0.15) is 0 Å². The summed E-state index contributed by atoms with van der Waals surface area (Å²) in [6.45, 7) is 3.59. The minimum Gasteiger partial charge on any atom is -0.303 e. The van der Waals surface area contributed by atoms with E-state index in [1.807, 2.05) is 18.5 Å². The Morgan fingerprint density at radius 3 is 2.47 bits per heavy atom. The Morgan fingerprint density at radius 2 is 1.72 bits per heavy atom. The van der Waals surface area contributed by atoms with E-state index >= 15 is 0 Å². The van der Waals surface area contributed by atoms with Gasteiger partial charge in [-0.05, 0) is 61.2 Å². The number of fused-ring (bicyclic) bond motifs is 1. The summed E-state index contributed by atoms with van der Waals surface area (Å²) >= 11 is 0. The van der Waals surface area contributed by atoms with Gasteiger partial charge in [-0.3, -0.25) is 0 Å². The fourth-order valence-electron chi connectivity index (χ4n) is 4.28. The first-order valence-corrected chi connectivity index (χ1v) is 12.8. The predicted octanol–water partition coefficient (Wildman–Crippen LogP) is 4.11. The van der Waals surface area contributed by atoms with Gasteiger partial charge in [-0.15, -0.1) is 0 Å². The number of benzene rings is 2. The zero-order valence-corrected chi connectivity index (χ0v) is 18.9. The second-order valence-corrected chi connectivity index (χ2v) is 10.5. The average molecular weight is 447 g/mol. The molecule has 3 heterocycles. The van der Waals surface area contributed by atoms with Crippen molar-refractivity contribution in [3.05, 3.63) is 72.7 Å². The number of nitrogens with zero attached hydrogens (tertiary/aromatic N) is 4. The summed E-state index contributed by atoms with van der Waals surface area (Å²) in [5.74, 6) is 0. The van der Waals surface area contributed by atoms with E-state index in [1.54, 1.807) is 28.9 Å². The van der Waals surface area contributed by atoms with Crippen molar-refractivity contribution in [2.75, 3.05) is 25.9 Å². The maximum absolute atomic E-state index is 11.9. The molecule has 7 heteroatoms. The Morgan fingerprint density at radius 1 is 0.938 bits per heavy atom. The van der Waals surface area contributed by atoms with Gasteiger partial charge in [-0.25, -0.2) is 17.9 Å². The standard InChI is InChI=1S/C25H26N4O2S/c1-32(30,31)23-6-4-5-21(15-23)24-17-27-29-18-22(16-26-25(24)29)20-9-7-19(8-10-20)11-14-28-12-2-3-13-28/h4-10,15-18H,2-3,11-14H2,1H3. The number of likely N-dealkylation sites (tertiary alicyclic amines) is 1. The van der Waals surface area contributed by atoms with Gasteiger partial charge in [-0.2, -0.15) is 5.10 Å². The smallest absolute Gasteiger partial charge is 0.175 e. The second kappa shape index (κ2) is 8.48. The molecule has 1 aliphatic rings. The molecule has 4 aromatic rings. The van der Waals surface area contributed by atoms with Gasteiger partial charge in [-0.1, -0.05) is 36.4 Å². The summed E-state index contributed by atoms with van der Waals surface area (Å²) in [4.78, 5) is 7.46. The highest BCUT2D eigenvalue weighted by molar-refractivity contribution is 7.90. The largest absolute Gasteiger partial charge is 0.303 e. The molecular weight excluding hydrogens is 420 g/mol. The highest BCUT2D eigenvalue weighted by atomic mass is 32.2. The van der Waals surface area contributed by atoms with E-state index in [1.165, 1.54) is 37.8 Å². The lowest BCUT2D eigenvalue weighted by Crippen LogP contribution is -2.21. The van der Waals surface area contributed by atoms with E-state index in [2.05, 4.69) is 39.2 Å². The van der Waals surface area contributed by atoms with Crippen LogP contribution in [0.2, 0.25) is 0 Å². The van der Waals surface area contributed by atoms with Crippen LogP contribution in [0.25, 0.3) is 27.9 Å². The molecule has 1 saturated heterocycles. The molecule has 0 atom stereocenters. The molecule has 0 radical (unpaired) electrons. The Labute approximate surface area is 188 Å². The molecule has 0 saturated carbocycles. The number of rotatable bonds is 6. The lowest BCUT2D eigenvalue weighted by Gasteiger charge is -2.14. The highest BCUT2D eigenvalue weighted by Crippen LogP contribution is 2.27. The van der Waals surface area contributed by atoms with Gasteiger partial charge >= 0.3 is 0 Å². The van der Waals surface area contributed by atoms with Crippen LogP contribution >= 0.6 is 0 Å². The van der Waals surface area contributed by atoms with Crippen molar-refractivity contribution in [1.82, 2.24) is 19.5 Å². The molecule has 6 nitrogen and oxygen atoms in total. The quantitative estimate of drug-likeness (QED) is 0.446. The van der Waals surface area contributed by atoms with Crippen LogP contribution in [-0.4, -0.2) is 53.8 Å². The summed E-state index contributed by atoms with van der Waals surface area (Å²) in [5.41, 5.74) is 5.72. The monoisotopic (exact) mass is 446 g/mol.